The zero-order valence-corrected chi connectivity index (χ0v) is 24.8. The monoisotopic (exact) mass is 506 g/mol. The van der Waals surface area contributed by atoms with Gasteiger partial charge in [0.25, 0.3) is 0 Å². The largest absolute Gasteiger partial charge is 0.475 e. The van der Waals surface area contributed by atoms with Gasteiger partial charge in [-0.25, -0.2) is 4.57 Å². The summed E-state index contributed by atoms with van der Waals surface area (Å²) in [7, 11) is -3.68. The van der Waals surface area contributed by atoms with Crippen LogP contribution < -0.4 is 0 Å². The first-order valence-electron chi connectivity index (χ1n) is 12.8. The molecule has 0 aromatic carbocycles. The van der Waals surface area contributed by atoms with Gasteiger partial charge in [-0.3, -0.25) is 13.6 Å². The summed E-state index contributed by atoms with van der Waals surface area (Å²) >= 11 is 0. The topological polar surface area (TPSA) is 44.8 Å². The Morgan fingerprint density at radius 3 is 0.971 bits per heavy atom. The van der Waals surface area contributed by atoms with Gasteiger partial charge in [-0.1, -0.05) is 69.9 Å². The second-order valence-corrected chi connectivity index (χ2v) is 11.6. The van der Waals surface area contributed by atoms with Crippen LogP contribution in [0.25, 0.3) is 0 Å². The predicted molar refractivity (Wildman–Crippen MR) is 153 cm³/mol. The molecule has 0 saturated heterocycles. The Hall–Kier alpha value is -1.45. The summed E-state index contributed by atoms with van der Waals surface area (Å²) in [6.07, 6.45) is 18.3. The quantitative estimate of drug-likeness (QED) is 0.137. The van der Waals surface area contributed by atoms with Crippen molar-refractivity contribution in [2.45, 2.75) is 101 Å². The lowest BCUT2D eigenvalue weighted by Crippen LogP contribution is -2.02. The number of phosphoric ester groups is 1. The van der Waals surface area contributed by atoms with Crippen molar-refractivity contribution in [1.82, 2.24) is 0 Å². The molecule has 0 aliphatic heterocycles. The van der Waals surface area contributed by atoms with Crippen molar-refractivity contribution in [3.05, 3.63) is 69.9 Å². The Morgan fingerprint density at radius 1 is 0.486 bits per heavy atom. The number of hydrogen-bond acceptors (Lipinski definition) is 4. The summed E-state index contributed by atoms with van der Waals surface area (Å²) in [6.45, 7) is 19.4. The molecular formula is C30H51O4P. The fraction of sp³-hybridized carbons (Fsp3) is 0.600. The molecule has 5 heteroatoms. The first-order valence-corrected chi connectivity index (χ1v) is 14.3. The van der Waals surface area contributed by atoms with Crippen LogP contribution in [0.2, 0.25) is 0 Å². The highest BCUT2D eigenvalue weighted by molar-refractivity contribution is 7.48. The average Bonchev–Trinajstić information content (AvgIpc) is 2.73. The van der Waals surface area contributed by atoms with Crippen LogP contribution in [0, 0.1) is 0 Å². The highest BCUT2D eigenvalue weighted by Gasteiger charge is 2.25. The summed E-state index contributed by atoms with van der Waals surface area (Å²) in [4.78, 5) is 0. The highest BCUT2D eigenvalue weighted by Crippen LogP contribution is 2.49. The maximum absolute atomic E-state index is 13.3. The molecule has 200 valence electrons. The minimum atomic E-state index is -3.68. The maximum Gasteiger partial charge on any atom is 0.475 e. The van der Waals surface area contributed by atoms with Gasteiger partial charge in [0.1, 0.15) is 0 Å². The summed E-state index contributed by atoms with van der Waals surface area (Å²) < 4.78 is 30.3. The van der Waals surface area contributed by atoms with E-state index in [-0.39, 0.29) is 19.8 Å². The van der Waals surface area contributed by atoms with Gasteiger partial charge in [0.15, 0.2) is 0 Å². The van der Waals surface area contributed by atoms with Gasteiger partial charge in [0, 0.05) is 0 Å². The Labute approximate surface area is 216 Å². The van der Waals surface area contributed by atoms with Crippen LogP contribution in [0.3, 0.4) is 0 Å². The fourth-order valence-electron chi connectivity index (χ4n) is 3.00. The molecule has 0 spiro atoms. The minimum Gasteiger partial charge on any atom is -0.283 e. The molecule has 0 heterocycles. The lowest BCUT2D eigenvalue weighted by atomic mass is 10.1. The van der Waals surface area contributed by atoms with E-state index in [0.29, 0.717) is 0 Å². The summed E-state index contributed by atoms with van der Waals surface area (Å²) in [5.74, 6) is 0. The van der Waals surface area contributed by atoms with Gasteiger partial charge in [-0.2, -0.15) is 0 Å². The van der Waals surface area contributed by atoms with E-state index in [2.05, 4.69) is 80.5 Å². The van der Waals surface area contributed by atoms with Crippen molar-refractivity contribution in [1.29, 1.82) is 0 Å². The van der Waals surface area contributed by atoms with E-state index in [4.69, 9.17) is 13.6 Å². The van der Waals surface area contributed by atoms with Crippen LogP contribution in [-0.2, 0) is 18.1 Å². The molecule has 35 heavy (non-hydrogen) atoms. The molecular weight excluding hydrogens is 455 g/mol. The van der Waals surface area contributed by atoms with Gasteiger partial charge in [-0.15, -0.1) is 0 Å². The smallest absolute Gasteiger partial charge is 0.283 e. The van der Waals surface area contributed by atoms with Crippen molar-refractivity contribution >= 4 is 7.82 Å². The van der Waals surface area contributed by atoms with E-state index in [1.165, 1.54) is 33.4 Å². The molecule has 0 radical (unpaired) electrons. The predicted octanol–water partition coefficient (Wildman–Crippen LogP) is 10.2. The number of hydrogen-bond donors (Lipinski definition) is 0. The van der Waals surface area contributed by atoms with E-state index in [1.54, 1.807) is 0 Å². The molecule has 4 nitrogen and oxygen atoms in total. The molecule has 0 aromatic rings. The number of rotatable bonds is 18. The molecule has 0 atom stereocenters. The number of allylic oxidation sites excluding steroid dienone is 9. The van der Waals surface area contributed by atoms with E-state index in [0.717, 1.165) is 38.5 Å². The second-order valence-electron chi connectivity index (χ2n) is 9.95. The third kappa shape index (κ3) is 21.5. The van der Waals surface area contributed by atoms with Crippen LogP contribution in [0.1, 0.15) is 101 Å². The minimum absolute atomic E-state index is 0.199. The van der Waals surface area contributed by atoms with Gasteiger partial charge < -0.3 is 0 Å². The van der Waals surface area contributed by atoms with Gasteiger partial charge in [-0.05, 0) is 101 Å². The van der Waals surface area contributed by atoms with Crippen LogP contribution in [0.5, 0.6) is 0 Å². The molecule has 0 fully saturated rings. The SMILES string of the molecule is CC(C)=CCC/C(C)=C/COP(=O)(OC/C=C(\C)CCC=C(C)C)OC/C=C(\C)CCC=C(C)C. The lowest BCUT2D eigenvalue weighted by molar-refractivity contribution is 0.140. The van der Waals surface area contributed by atoms with E-state index in [9.17, 15) is 4.57 Å². The molecule has 0 saturated carbocycles. The Balaban J connectivity index is 5.02. The third-order valence-electron chi connectivity index (χ3n) is 5.27. The van der Waals surface area contributed by atoms with Crippen LogP contribution in [0.4, 0.5) is 0 Å². The molecule has 0 rings (SSSR count). The Morgan fingerprint density at radius 2 is 0.743 bits per heavy atom. The molecule has 0 aromatic heterocycles. The van der Waals surface area contributed by atoms with Crippen LogP contribution in [0.15, 0.2) is 69.9 Å². The highest BCUT2D eigenvalue weighted by atomic mass is 31.2. The van der Waals surface area contributed by atoms with Crippen molar-refractivity contribution in [2.75, 3.05) is 19.8 Å². The Kier molecular flexibility index (Phi) is 18.9. The van der Waals surface area contributed by atoms with Crippen LogP contribution in [-0.4, -0.2) is 19.8 Å². The van der Waals surface area contributed by atoms with Crippen molar-refractivity contribution in [2.24, 2.45) is 0 Å². The standard InChI is InChI=1S/C30H51O4P/c1-25(2)13-10-16-28(7)19-22-32-35(31,33-23-20-29(8)17-11-14-26(3)4)34-24-21-30(9)18-12-15-27(5)6/h13-15,19-21H,10-12,16-18,22-24H2,1-9H3/b28-19+,29-20+,30-21+. The Bertz CT molecular complexity index is 719. The lowest BCUT2D eigenvalue weighted by Gasteiger charge is -2.16. The van der Waals surface area contributed by atoms with Crippen molar-refractivity contribution in [3.8, 4) is 0 Å². The molecule has 0 unspecified atom stereocenters. The zero-order valence-electron chi connectivity index (χ0n) is 23.9. The summed E-state index contributed by atoms with van der Waals surface area (Å²) in [5.41, 5.74) is 7.52. The summed E-state index contributed by atoms with van der Waals surface area (Å²) in [5, 5.41) is 0. The zero-order chi connectivity index (χ0) is 26.7. The second kappa shape index (κ2) is 19.7. The van der Waals surface area contributed by atoms with Gasteiger partial charge in [0.2, 0.25) is 0 Å². The molecule has 0 N–H and O–H groups in total. The van der Waals surface area contributed by atoms with E-state index >= 15 is 0 Å². The third-order valence-corrected chi connectivity index (χ3v) is 6.66. The van der Waals surface area contributed by atoms with E-state index in [1.807, 2.05) is 18.2 Å². The average molecular weight is 507 g/mol. The fourth-order valence-corrected chi connectivity index (χ4v) is 3.99. The number of phosphoric acid groups is 1. The molecule has 0 aliphatic carbocycles. The van der Waals surface area contributed by atoms with Crippen molar-refractivity contribution in [3.63, 3.8) is 0 Å². The normalized spacial score (nSPS) is 13.0. The molecule has 0 amide bonds. The van der Waals surface area contributed by atoms with Gasteiger partial charge in [0.05, 0.1) is 19.8 Å². The summed E-state index contributed by atoms with van der Waals surface area (Å²) in [6, 6.07) is 0. The first-order chi connectivity index (χ1) is 16.4. The van der Waals surface area contributed by atoms with Crippen LogP contribution >= 0.6 is 7.82 Å². The molecule has 0 bridgehead atoms. The van der Waals surface area contributed by atoms with Crippen molar-refractivity contribution < 1.29 is 18.1 Å². The van der Waals surface area contributed by atoms with E-state index < -0.39 is 7.82 Å². The maximum atomic E-state index is 13.3. The first kappa shape index (κ1) is 33.5. The van der Waals surface area contributed by atoms with Gasteiger partial charge >= 0.3 is 7.82 Å². The molecule has 0 aliphatic rings.